The van der Waals surface area contributed by atoms with Gasteiger partial charge < -0.3 is 5.32 Å². The van der Waals surface area contributed by atoms with E-state index in [2.05, 4.69) is 26.0 Å². The average molecular weight is 615 g/mol. The molecular formula is C27H24BrN3O5S2. The molecular weight excluding hydrogens is 590 g/mol. The van der Waals surface area contributed by atoms with Crippen LogP contribution in [0.3, 0.4) is 0 Å². The van der Waals surface area contributed by atoms with Crippen molar-refractivity contribution in [3.05, 3.63) is 113 Å². The maximum absolute atomic E-state index is 12.9. The van der Waals surface area contributed by atoms with Gasteiger partial charge in [0.15, 0.2) is 0 Å². The van der Waals surface area contributed by atoms with Gasteiger partial charge in [-0.25, -0.2) is 16.8 Å². The van der Waals surface area contributed by atoms with E-state index in [0.29, 0.717) is 22.6 Å². The van der Waals surface area contributed by atoms with Crippen LogP contribution < -0.4 is 14.3 Å². The number of hydrogen-bond donors (Lipinski definition) is 2. The predicted octanol–water partition coefficient (Wildman–Crippen LogP) is 5.64. The molecule has 11 heteroatoms. The lowest BCUT2D eigenvalue weighted by atomic mass is 10.2. The van der Waals surface area contributed by atoms with Gasteiger partial charge in [0, 0.05) is 28.5 Å². The molecule has 4 aromatic rings. The second-order valence-electron chi connectivity index (χ2n) is 8.42. The lowest BCUT2D eigenvalue weighted by molar-refractivity contribution is 0.102. The standard InChI is InChI=1S/C27H24BrN3O5S2/c1-19-3-15-26(16-4-19)38(35,36)31(2)24-13-5-20(6-14-24)27(32)29-22-11-17-25(18-12-22)37(33,34)30-23-9-7-21(28)8-10-23/h3-18,30H,1-2H3,(H,29,32). The Morgan fingerprint density at radius 1 is 0.711 bits per heavy atom. The molecule has 8 nitrogen and oxygen atoms in total. The number of aryl methyl sites for hydroxylation is 1. The summed E-state index contributed by atoms with van der Waals surface area (Å²) in [5.41, 5.74) is 2.49. The molecule has 2 N–H and O–H groups in total. The minimum Gasteiger partial charge on any atom is -0.322 e. The van der Waals surface area contributed by atoms with Crippen molar-refractivity contribution < 1.29 is 21.6 Å². The van der Waals surface area contributed by atoms with E-state index < -0.39 is 26.0 Å². The van der Waals surface area contributed by atoms with Crippen molar-refractivity contribution in [2.45, 2.75) is 16.7 Å². The molecule has 0 fully saturated rings. The molecule has 0 radical (unpaired) electrons. The Morgan fingerprint density at radius 3 is 1.82 bits per heavy atom. The molecule has 4 aromatic carbocycles. The zero-order valence-corrected chi connectivity index (χ0v) is 23.6. The Balaban J connectivity index is 1.42. The number of benzene rings is 4. The van der Waals surface area contributed by atoms with Gasteiger partial charge in [0.1, 0.15) is 0 Å². The summed E-state index contributed by atoms with van der Waals surface area (Å²) in [6.07, 6.45) is 0. The van der Waals surface area contributed by atoms with E-state index in [0.717, 1.165) is 14.3 Å². The van der Waals surface area contributed by atoms with E-state index >= 15 is 0 Å². The molecule has 196 valence electrons. The molecule has 0 saturated carbocycles. The summed E-state index contributed by atoms with van der Waals surface area (Å²) in [7, 11) is -6.11. The molecule has 1 amide bonds. The third-order valence-corrected chi connectivity index (χ3v) is 9.42. The van der Waals surface area contributed by atoms with Crippen LogP contribution in [0.4, 0.5) is 17.1 Å². The summed E-state index contributed by atoms with van der Waals surface area (Å²) in [6.45, 7) is 1.88. The van der Waals surface area contributed by atoms with Crippen LogP contribution in [0, 0.1) is 6.92 Å². The maximum atomic E-state index is 12.9. The molecule has 0 aliphatic rings. The zero-order valence-electron chi connectivity index (χ0n) is 20.4. The van der Waals surface area contributed by atoms with Gasteiger partial charge in [0.25, 0.3) is 26.0 Å². The van der Waals surface area contributed by atoms with E-state index in [1.54, 1.807) is 60.7 Å². The van der Waals surface area contributed by atoms with Crippen LogP contribution in [-0.4, -0.2) is 29.8 Å². The summed E-state index contributed by atoms with van der Waals surface area (Å²) in [5.74, 6) is -0.427. The Labute approximate surface area is 230 Å². The highest BCUT2D eigenvalue weighted by Gasteiger charge is 2.21. The van der Waals surface area contributed by atoms with E-state index in [1.807, 2.05) is 6.92 Å². The number of amides is 1. The average Bonchev–Trinajstić information content (AvgIpc) is 2.90. The number of nitrogens with one attached hydrogen (secondary N) is 2. The van der Waals surface area contributed by atoms with Crippen LogP contribution in [0.15, 0.2) is 111 Å². The third kappa shape index (κ3) is 6.24. The van der Waals surface area contributed by atoms with Crippen LogP contribution in [0.25, 0.3) is 0 Å². The molecule has 0 aliphatic heterocycles. The van der Waals surface area contributed by atoms with Gasteiger partial charge in [0.2, 0.25) is 0 Å². The summed E-state index contributed by atoms with van der Waals surface area (Å²) in [5, 5.41) is 2.71. The van der Waals surface area contributed by atoms with Gasteiger partial charge in [-0.1, -0.05) is 33.6 Å². The minimum atomic E-state index is -3.80. The van der Waals surface area contributed by atoms with Crippen molar-refractivity contribution in [3.63, 3.8) is 0 Å². The monoisotopic (exact) mass is 613 g/mol. The van der Waals surface area contributed by atoms with Gasteiger partial charge in [-0.05, 0) is 91.9 Å². The summed E-state index contributed by atoms with van der Waals surface area (Å²) >= 11 is 3.30. The number of anilines is 3. The molecule has 38 heavy (non-hydrogen) atoms. The molecule has 0 saturated heterocycles. The zero-order chi connectivity index (χ0) is 27.5. The molecule has 0 aliphatic carbocycles. The highest BCUT2D eigenvalue weighted by atomic mass is 79.9. The van der Waals surface area contributed by atoms with Crippen LogP contribution in [0.1, 0.15) is 15.9 Å². The van der Waals surface area contributed by atoms with Gasteiger partial charge >= 0.3 is 0 Å². The van der Waals surface area contributed by atoms with Gasteiger partial charge in [-0.3, -0.25) is 13.8 Å². The lowest BCUT2D eigenvalue weighted by Crippen LogP contribution is -2.26. The van der Waals surface area contributed by atoms with E-state index in [1.165, 1.54) is 43.4 Å². The van der Waals surface area contributed by atoms with Crippen molar-refractivity contribution in [1.82, 2.24) is 0 Å². The molecule has 0 bridgehead atoms. The molecule has 0 unspecified atom stereocenters. The fourth-order valence-electron chi connectivity index (χ4n) is 3.48. The Morgan fingerprint density at radius 2 is 1.24 bits per heavy atom. The number of rotatable bonds is 8. The van der Waals surface area contributed by atoms with E-state index in [-0.39, 0.29) is 9.79 Å². The van der Waals surface area contributed by atoms with Crippen LogP contribution in [0.2, 0.25) is 0 Å². The Kier molecular flexibility index (Phi) is 7.91. The fraction of sp³-hybridized carbons (Fsp3) is 0.0741. The highest BCUT2D eigenvalue weighted by Crippen LogP contribution is 2.24. The first-order chi connectivity index (χ1) is 18.0. The number of carbonyl (C=O) groups excluding carboxylic acids is 1. The second kappa shape index (κ2) is 11.0. The van der Waals surface area contributed by atoms with Crippen LogP contribution in [-0.2, 0) is 20.0 Å². The second-order valence-corrected chi connectivity index (χ2v) is 13.0. The van der Waals surface area contributed by atoms with Gasteiger partial charge in [0.05, 0.1) is 15.5 Å². The number of nitrogens with zero attached hydrogens (tertiary/aromatic N) is 1. The van der Waals surface area contributed by atoms with Gasteiger partial charge in [-0.2, -0.15) is 0 Å². The van der Waals surface area contributed by atoms with Crippen LogP contribution >= 0.6 is 15.9 Å². The molecule has 0 heterocycles. The summed E-state index contributed by atoms with van der Waals surface area (Å²) in [6, 6.07) is 25.2. The van der Waals surface area contributed by atoms with Crippen molar-refractivity contribution >= 4 is 58.9 Å². The number of halogens is 1. The first kappa shape index (κ1) is 27.4. The lowest BCUT2D eigenvalue weighted by Gasteiger charge is -2.20. The molecule has 0 aromatic heterocycles. The Hall–Kier alpha value is -3.67. The highest BCUT2D eigenvalue weighted by molar-refractivity contribution is 9.10. The van der Waals surface area contributed by atoms with Gasteiger partial charge in [-0.15, -0.1) is 0 Å². The number of sulfonamides is 2. The van der Waals surface area contributed by atoms with Crippen molar-refractivity contribution in [2.75, 3.05) is 21.4 Å². The van der Waals surface area contributed by atoms with Crippen molar-refractivity contribution in [2.24, 2.45) is 0 Å². The molecule has 4 rings (SSSR count). The van der Waals surface area contributed by atoms with Crippen LogP contribution in [0.5, 0.6) is 0 Å². The van der Waals surface area contributed by atoms with Crippen molar-refractivity contribution in [1.29, 1.82) is 0 Å². The normalized spacial score (nSPS) is 11.6. The van der Waals surface area contributed by atoms with Crippen molar-refractivity contribution in [3.8, 4) is 0 Å². The third-order valence-electron chi connectivity index (χ3n) is 5.69. The maximum Gasteiger partial charge on any atom is 0.264 e. The largest absolute Gasteiger partial charge is 0.322 e. The summed E-state index contributed by atoms with van der Waals surface area (Å²) in [4.78, 5) is 12.9. The number of carbonyl (C=O) groups is 1. The Bertz CT molecular complexity index is 1660. The first-order valence-electron chi connectivity index (χ1n) is 11.3. The number of hydrogen-bond acceptors (Lipinski definition) is 5. The molecule has 0 atom stereocenters. The van der Waals surface area contributed by atoms with E-state index in [4.69, 9.17) is 0 Å². The minimum absolute atomic E-state index is 0.0422. The molecule has 0 spiro atoms. The fourth-order valence-corrected chi connectivity index (χ4v) is 6.00. The first-order valence-corrected chi connectivity index (χ1v) is 15.0. The topological polar surface area (TPSA) is 113 Å². The summed E-state index contributed by atoms with van der Waals surface area (Å²) < 4.78 is 55.6. The predicted molar refractivity (Wildman–Crippen MR) is 153 cm³/mol. The SMILES string of the molecule is Cc1ccc(S(=O)(=O)N(C)c2ccc(C(=O)Nc3ccc(S(=O)(=O)Nc4ccc(Br)cc4)cc3)cc2)cc1. The quantitative estimate of drug-likeness (QED) is 0.267. The van der Waals surface area contributed by atoms with E-state index in [9.17, 15) is 21.6 Å². The smallest absolute Gasteiger partial charge is 0.264 e.